The predicted molar refractivity (Wildman–Crippen MR) is 129 cm³/mol. The second kappa shape index (κ2) is 9.44. The zero-order valence-electron chi connectivity index (χ0n) is 18.1. The first-order chi connectivity index (χ1) is 15.4. The number of piperidine rings is 1. The van der Waals surface area contributed by atoms with Crippen molar-refractivity contribution in [2.24, 2.45) is 0 Å². The summed E-state index contributed by atoms with van der Waals surface area (Å²) in [6.45, 7) is 2.12. The van der Waals surface area contributed by atoms with E-state index < -0.39 is 10.0 Å². The quantitative estimate of drug-likeness (QED) is 0.589. The molecule has 0 spiro atoms. The van der Waals surface area contributed by atoms with Crippen LogP contribution in [0.5, 0.6) is 0 Å². The van der Waals surface area contributed by atoms with Crippen LogP contribution < -0.4 is 14.5 Å². The standard InChI is InChI=1S/C25H27N3O3S/c1-27(22-10-4-2-5-11-22)32(30,31)24-12-8-9-20(19-24)25(29)26-21-13-15-23(16-14-21)28-17-6-3-7-18-28/h2,4-5,8-16,19H,3,6-7,17-18H2,1H3,(H,26,29). The molecule has 4 rings (SSSR count). The molecule has 0 bridgehead atoms. The van der Waals surface area contributed by atoms with E-state index in [0.29, 0.717) is 11.4 Å². The third-order valence-electron chi connectivity index (χ3n) is 5.72. The predicted octanol–water partition coefficient (Wildman–Crippen LogP) is 4.75. The van der Waals surface area contributed by atoms with Crippen LogP contribution in [0.4, 0.5) is 17.1 Å². The number of nitrogens with zero attached hydrogens (tertiary/aromatic N) is 2. The summed E-state index contributed by atoms with van der Waals surface area (Å²) >= 11 is 0. The molecule has 0 unspecified atom stereocenters. The van der Waals surface area contributed by atoms with E-state index in [9.17, 15) is 13.2 Å². The Kier molecular flexibility index (Phi) is 6.46. The summed E-state index contributed by atoms with van der Waals surface area (Å²) in [6, 6.07) is 22.7. The molecule has 1 fully saturated rings. The van der Waals surface area contributed by atoms with Crippen molar-refractivity contribution in [3.63, 3.8) is 0 Å². The fourth-order valence-corrected chi connectivity index (χ4v) is 5.09. The second-order valence-electron chi connectivity index (χ2n) is 7.88. The van der Waals surface area contributed by atoms with Crippen LogP contribution in [0.25, 0.3) is 0 Å². The van der Waals surface area contributed by atoms with E-state index >= 15 is 0 Å². The summed E-state index contributed by atoms with van der Waals surface area (Å²) in [6.07, 6.45) is 3.69. The summed E-state index contributed by atoms with van der Waals surface area (Å²) in [5, 5.41) is 2.86. The Balaban J connectivity index is 1.48. The lowest BCUT2D eigenvalue weighted by Crippen LogP contribution is -2.29. The number of rotatable bonds is 6. The molecule has 0 aromatic heterocycles. The van der Waals surface area contributed by atoms with Crippen LogP contribution in [0, 0.1) is 0 Å². The normalized spacial score (nSPS) is 14.1. The molecule has 0 saturated carbocycles. The van der Waals surface area contributed by atoms with Gasteiger partial charge < -0.3 is 10.2 Å². The van der Waals surface area contributed by atoms with Gasteiger partial charge in [-0.2, -0.15) is 0 Å². The summed E-state index contributed by atoms with van der Waals surface area (Å²) in [4.78, 5) is 15.2. The molecule has 6 nitrogen and oxygen atoms in total. The number of hydrogen-bond acceptors (Lipinski definition) is 4. The first-order valence-corrected chi connectivity index (χ1v) is 12.2. The van der Waals surface area contributed by atoms with Crippen molar-refractivity contribution in [2.45, 2.75) is 24.2 Å². The smallest absolute Gasteiger partial charge is 0.264 e. The zero-order valence-corrected chi connectivity index (χ0v) is 18.9. The van der Waals surface area contributed by atoms with E-state index in [1.165, 1.54) is 42.7 Å². The molecule has 0 atom stereocenters. The Labute approximate surface area is 189 Å². The van der Waals surface area contributed by atoms with Gasteiger partial charge >= 0.3 is 0 Å². The Bertz CT molecular complexity index is 1170. The van der Waals surface area contributed by atoms with Gasteiger partial charge in [-0.3, -0.25) is 9.10 Å². The van der Waals surface area contributed by atoms with Gasteiger partial charge in [0.05, 0.1) is 10.6 Å². The van der Waals surface area contributed by atoms with E-state index in [2.05, 4.69) is 10.2 Å². The highest BCUT2D eigenvalue weighted by atomic mass is 32.2. The number of sulfonamides is 1. The highest BCUT2D eigenvalue weighted by Crippen LogP contribution is 2.24. The van der Waals surface area contributed by atoms with Gasteiger partial charge in [0.15, 0.2) is 0 Å². The third kappa shape index (κ3) is 4.78. The maximum atomic E-state index is 13.0. The molecule has 3 aromatic carbocycles. The van der Waals surface area contributed by atoms with Gasteiger partial charge in [0, 0.05) is 37.1 Å². The van der Waals surface area contributed by atoms with Crippen LogP contribution >= 0.6 is 0 Å². The molecule has 1 saturated heterocycles. The molecule has 7 heteroatoms. The molecule has 3 aromatic rings. The SMILES string of the molecule is CN(c1ccccc1)S(=O)(=O)c1cccc(C(=O)Nc2ccc(N3CCCCC3)cc2)c1. The molecular weight excluding hydrogens is 422 g/mol. The number of nitrogens with one attached hydrogen (secondary N) is 1. The van der Waals surface area contributed by atoms with E-state index in [-0.39, 0.29) is 16.4 Å². The maximum Gasteiger partial charge on any atom is 0.264 e. The van der Waals surface area contributed by atoms with Crippen LogP contribution in [-0.2, 0) is 10.0 Å². The summed E-state index contributed by atoms with van der Waals surface area (Å²) in [5.74, 6) is -0.352. The van der Waals surface area contributed by atoms with E-state index in [1.54, 1.807) is 36.4 Å². The Morgan fingerprint density at radius 1 is 0.875 bits per heavy atom. The fourth-order valence-electron chi connectivity index (χ4n) is 3.84. The largest absolute Gasteiger partial charge is 0.372 e. The summed E-state index contributed by atoms with van der Waals surface area (Å²) in [7, 11) is -2.29. The fraction of sp³-hybridized carbons (Fsp3) is 0.240. The molecule has 0 radical (unpaired) electrons. The van der Waals surface area contributed by atoms with Gasteiger partial charge in [-0.1, -0.05) is 24.3 Å². The van der Waals surface area contributed by atoms with Gasteiger partial charge in [-0.05, 0) is 73.9 Å². The van der Waals surface area contributed by atoms with Crippen LogP contribution in [-0.4, -0.2) is 34.5 Å². The van der Waals surface area contributed by atoms with Gasteiger partial charge in [-0.15, -0.1) is 0 Å². The molecule has 0 aliphatic carbocycles. The highest BCUT2D eigenvalue weighted by Gasteiger charge is 2.22. The molecule has 1 N–H and O–H groups in total. The minimum Gasteiger partial charge on any atom is -0.372 e. The molecule has 32 heavy (non-hydrogen) atoms. The van der Waals surface area contributed by atoms with Crippen molar-refractivity contribution in [1.82, 2.24) is 0 Å². The topological polar surface area (TPSA) is 69.7 Å². The zero-order chi connectivity index (χ0) is 22.6. The van der Waals surface area contributed by atoms with Gasteiger partial charge in [0.1, 0.15) is 0 Å². The lowest BCUT2D eigenvalue weighted by atomic mass is 10.1. The molecule has 1 heterocycles. The van der Waals surface area contributed by atoms with Crippen molar-refractivity contribution in [3.8, 4) is 0 Å². The lowest BCUT2D eigenvalue weighted by Gasteiger charge is -2.28. The minimum atomic E-state index is -3.79. The van der Waals surface area contributed by atoms with Gasteiger partial charge in [0.2, 0.25) is 0 Å². The van der Waals surface area contributed by atoms with Crippen molar-refractivity contribution in [1.29, 1.82) is 0 Å². The third-order valence-corrected chi connectivity index (χ3v) is 7.50. The molecule has 1 aliphatic rings. The van der Waals surface area contributed by atoms with E-state index in [4.69, 9.17) is 0 Å². The number of amides is 1. The van der Waals surface area contributed by atoms with Crippen LogP contribution in [0.2, 0.25) is 0 Å². The minimum absolute atomic E-state index is 0.0666. The molecule has 1 aliphatic heterocycles. The Morgan fingerprint density at radius 3 is 2.25 bits per heavy atom. The maximum absolute atomic E-state index is 13.0. The number of carbonyl (C=O) groups excluding carboxylic acids is 1. The van der Waals surface area contributed by atoms with Crippen molar-refractivity contribution in [3.05, 3.63) is 84.4 Å². The Morgan fingerprint density at radius 2 is 1.56 bits per heavy atom. The van der Waals surface area contributed by atoms with E-state index in [1.807, 2.05) is 30.3 Å². The average Bonchev–Trinajstić information content (AvgIpc) is 2.85. The molecule has 1 amide bonds. The number of anilines is 3. The Hall–Kier alpha value is -3.32. The van der Waals surface area contributed by atoms with Crippen molar-refractivity contribution in [2.75, 3.05) is 34.7 Å². The van der Waals surface area contributed by atoms with Crippen LogP contribution in [0.3, 0.4) is 0 Å². The first kappa shape index (κ1) is 21.9. The van der Waals surface area contributed by atoms with Crippen molar-refractivity contribution >= 4 is 33.0 Å². The van der Waals surface area contributed by atoms with Gasteiger partial charge in [0.25, 0.3) is 15.9 Å². The van der Waals surface area contributed by atoms with Crippen LogP contribution in [0.15, 0.2) is 83.8 Å². The summed E-state index contributed by atoms with van der Waals surface area (Å²) in [5.41, 5.74) is 2.66. The van der Waals surface area contributed by atoms with E-state index in [0.717, 1.165) is 18.8 Å². The average molecular weight is 450 g/mol. The molecular formula is C25H27N3O3S. The highest BCUT2D eigenvalue weighted by molar-refractivity contribution is 7.92. The van der Waals surface area contributed by atoms with Gasteiger partial charge in [-0.25, -0.2) is 8.42 Å². The monoisotopic (exact) mass is 449 g/mol. The number of para-hydroxylation sites is 1. The molecule has 166 valence electrons. The lowest BCUT2D eigenvalue weighted by molar-refractivity contribution is 0.102. The van der Waals surface area contributed by atoms with Crippen LogP contribution in [0.1, 0.15) is 29.6 Å². The number of benzene rings is 3. The number of carbonyl (C=O) groups is 1. The summed E-state index contributed by atoms with van der Waals surface area (Å²) < 4.78 is 27.3. The second-order valence-corrected chi connectivity index (χ2v) is 9.85. The number of hydrogen-bond donors (Lipinski definition) is 1. The van der Waals surface area contributed by atoms with Crippen molar-refractivity contribution < 1.29 is 13.2 Å². The first-order valence-electron chi connectivity index (χ1n) is 10.8.